The minimum Gasteiger partial charge on any atom is -0.496 e. The Kier molecular flexibility index (Phi) is 9.85. The van der Waals surface area contributed by atoms with Crippen molar-refractivity contribution in [3.63, 3.8) is 0 Å². The van der Waals surface area contributed by atoms with Crippen LogP contribution >= 0.6 is 22.6 Å². The van der Waals surface area contributed by atoms with Crippen LogP contribution in [0.2, 0.25) is 0 Å². The van der Waals surface area contributed by atoms with Gasteiger partial charge in [0.2, 0.25) is 0 Å². The van der Waals surface area contributed by atoms with Gasteiger partial charge in [0.1, 0.15) is 17.7 Å². The molecule has 2 aliphatic rings. The van der Waals surface area contributed by atoms with Crippen molar-refractivity contribution < 1.29 is 50.5 Å². The number of aromatic nitrogens is 1. The molecular formula is C32H30F6IN3O5. The molecule has 3 heterocycles. The van der Waals surface area contributed by atoms with Crippen LogP contribution in [0.25, 0.3) is 11.1 Å². The van der Waals surface area contributed by atoms with E-state index in [1.54, 1.807) is 18.2 Å². The molecule has 3 atom stereocenters. The number of anilines is 1. The number of ether oxygens (including phenoxy) is 2. The third kappa shape index (κ3) is 7.38. The van der Waals surface area contributed by atoms with Crippen LogP contribution < -0.4 is 9.64 Å². The van der Waals surface area contributed by atoms with Gasteiger partial charge in [-0.3, -0.25) is 9.69 Å². The monoisotopic (exact) mass is 777 g/mol. The van der Waals surface area contributed by atoms with E-state index in [0.717, 1.165) is 25.1 Å². The van der Waals surface area contributed by atoms with Crippen molar-refractivity contribution in [1.82, 2.24) is 9.88 Å². The van der Waals surface area contributed by atoms with Crippen molar-refractivity contribution in [2.75, 3.05) is 29.5 Å². The fourth-order valence-corrected chi connectivity index (χ4v) is 6.52. The Hall–Kier alpha value is -3.76. The number of cyclic esters (lactones) is 1. The lowest BCUT2D eigenvalue weighted by Crippen LogP contribution is -2.38. The van der Waals surface area contributed by atoms with Crippen LogP contribution in [0, 0.1) is 0 Å². The number of methoxy groups -OCH3 is 1. The minimum atomic E-state index is -5.06. The molecule has 8 nitrogen and oxygen atoms in total. The number of amides is 1. The van der Waals surface area contributed by atoms with Crippen molar-refractivity contribution >= 4 is 40.5 Å². The lowest BCUT2D eigenvalue weighted by Gasteiger charge is -2.33. The highest BCUT2D eigenvalue weighted by atomic mass is 127. The Morgan fingerprint density at radius 3 is 2.23 bits per heavy atom. The van der Waals surface area contributed by atoms with Crippen molar-refractivity contribution in [1.29, 1.82) is 0 Å². The Labute approximate surface area is 279 Å². The molecule has 1 unspecified atom stereocenters. The number of rotatable bonds is 10. The molecular weight excluding hydrogens is 747 g/mol. The first-order valence-electron chi connectivity index (χ1n) is 14.6. The first kappa shape index (κ1) is 34.6. The summed E-state index contributed by atoms with van der Waals surface area (Å²) in [5, 5.41) is 9.44. The lowest BCUT2D eigenvalue weighted by molar-refractivity contribution is -0.143. The largest absolute Gasteiger partial charge is 0.496 e. The summed E-state index contributed by atoms with van der Waals surface area (Å²) >= 11 is 2.12. The second kappa shape index (κ2) is 13.4. The molecule has 0 radical (unpaired) electrons. The Morgan fingerprint density at radius 2 is 1.70 bits per heavy atom. The zero-order valence-electron chi connectivity index (χ0n) is 25.2. The maximum Gasteiger partial charge on any atom is 0.416 e. The molecule has 5 rings (SSSR count). The van der Waals surface area contributed by atoms with Crippen LogP contribution in [0.3, 0.4) is 0 Å². The summed E-state index contributed by atoms with van der Waals surface area (Å²) in [7, 11) is 1.47. The summed E-state index contributed by atoms with van der Waals surface area (Å²) in [6.07, 6.45) is -11.6. The SMILES string of the molecule is COc1ccc(C(CI)CC(=O)O)cc1-c1ccc(N2CCC2)nc1CN1C(=O)O[C@H](c2cc(C(F)(F)F)cc(C(F)(F)F)c2)[C@@H]1C. The Balaban J connectivity index is 1.55. The predicted molar refractivity (Wildman–Crippen MR) is 168 cm³/mol. The normalized spacial score (nSPS) is 19.0. The third-order valence-electron chi connectivity index (χ3n) is 8.38. The molecule has 1 N–H and O–H groups in total. The maximum atomic E-state index is 13.6. The second-order valence-electron chi connectivity index (χ2n) is 11.4. The molecule has 2 aromatic carbocycles. The van der Waals surface area contributed by atoms with Gasteiger partial charge in [-0.1, -0.05) is 28.7 Å². The van der Waals surface area contributed by atoms with Crippen molar-refractivity contribution in [2.45, 2.75) is 56.7 Å². The third-order valence-corrected chi connectivity index (χ3v) is 9.45. The summed E-state index contributed by atoms with van der Waals surface area (Å²) in [5.41, 5.74) is -1.18. The molecule has 47 heavy (non-hydrogen) atoms. The van der Waals surface area contributed by atoms with Gasteiger partial charge in [-0.2, -0.15) is 26.3 Å². The molecule has 252 valence electrons. The molecule has 2 saturated heterocycles. The van der Waals surface area contributed by atoms with Gasteiger partial charge in [0.15, 0.2) is 0 Å². The number of nitrogens with zero attached hydrogens (tertiary/aromatic N) is 3. The average Bonchev–Trinajstić information content (AvgIpc) is 3.26. The topological polar surface area (TPSA) is 92.2 Å². The van der Waals surface area contributed by atoms with Crippen LogP contribution in [-0.4, -0.2) is 57.7 Å². The maximum absolute atomic E-state index is 13.6. The Bertz CT molecular complexity index is 1630. The summed E-state index contributed by atoms with van der Waals surface area (Å²) in [4.78, 5) is 32.8. The number of pyridine rings is 1. The zero-order valence-corrected chi connectivity index (χ0v) is 27.3. The van der Waals surface area contributed by atoms with Crippen LogP contribution in [0.4, 0.5) is 37.0 Å². The molecule has 1 aromatic heterocycles. The van der Waals surface area contributed by atoms with E-state index < -0.39 is 53.3 Å². The highest BCUT2D eigenvalue weighted by Crippen LogP contribution is 2.42. The van der Waals surface area contributed by atoms with Crippen LogP contribution in [0.1, 0.15) is 59.7 Å². The number of halogens is 7. The van der Waals surface area contributed by atoms with E-state index in [4.69, 9.17) is 14.5 Å². The molecule has 2 fully saturated rings. The number of carboxylic acid groups (broad SMARTS) is 1. The fourth-order valence-electron chi connectivity index (χ4n) is 5.70. The molecule has 1 amide bonds. The number of carboxylic acids is 1. The molecule has 2 aliphatic heterocycles. The van der Waals surface area contributed by atoms with E-state index in [-0.39, 0.29) is 24.9 Å². The van der Waals surface area contributed by atoms with E-state index in [9.17, 15) is 41.0 Å². The van der Waals surface area contributed by atoms with Crippen LogP contribution in [-0.2, 0) is 28.4 Å². The highest BCUT2D eigenvalue weighted by molar-refractivity contribution is 14.1. The minimum absolute atomic E-state index is 0.0286. The lowest BCUT2D eigenvalue weighted by atomic mass is 9.92. The summed E-state index contributed by atoms with van der Waals surface area (Å²) in [6.45, 7) is 2.83. The molecule has 0 saturated carbocycles. The number of aliphatic carboxylic acids is 1. The van der Waals surface area contributed by atoms with Crippen LogP contribution in [0.5, 0.6) is 5.75 Å². The first-order valence-corrected chi connectivity index (χ1v) is 16.1. The number of benzene rings is 2. The highest BCUT2D eigenvalue weighted by Gasteiger charge is 2.43. The van der Waals surface area contributed by atoms with E-state index in [0.29, 0.717) is 44.9 Å². The van der Waals surface area contributed by atoms with E-state index >= 15 is 0 Å². The van der Waals surface area contributed by atoms with Gasteiger partial charge in [-0.05, 0) is 66.9 Å². The first-order chi connectivity index (χ1) is 22.1. The summed E-state index contributed by atoms with van der Waals surface area (Å²) in [5.74, 6) is -0.178. The number of alkyl halides is 7. The number of carbonyl (C=O) groups excluding carboxylic acids is 1. The van der Waals surface area contributed by atoms with Gasteiger partial charge < -0.3 is 19.5 Å². The van der Waals surface area contributed by atoms with Gasteiger partial charge >= 0.3 is 24.4 Å². The standard InChI is InChI=1S/C32H30F6IN3O5/c1-17-29(19-10-21(31(33,34)35)14-22(11-19)32(36,37)38)47-30(45)42(17)16-25-23(5-7-27(40-25)41-8-3-9-41)24-12-18(4-6-26(24)46-2)20(15-39)13-28(43)44/h4-7,10-12,14,17,20,29H,3,8-9,13,15-16H2,1-2H3,(H,43,44)/t17-,20?,29-/m0/s1. The van der Waals surface area contributed by atoms with Gasteiger partial charge in [-0.15, -0.1) is 0 Å². The smallest absolute Gasteiger partial charge is 0.416 e. The predicted octanol–water partition coefficient (Wildman–Crippen LogP) is 8.08. The molecule has 0 aliphatic carbocycles. The molecule has 3 aromatic rings. The van der Waals surface area contributed by atoms with Crippen molar-refractivity contribution in [3.8, 4) is 16.9 Å². The van der Waals surface area contributed by atoms with Gasteiger partial charge in [0.05, 0.1) is 42.9 Å². The van der Waals surface area contributed by atoms with Gasteiger partial charge in [0, 0.05) is 34.6 Å². The fraction of sp³-hybridized carbons (Fsp3) is 0.406. The summed E-state index contributed by atoms with van der Waals surface area (Å²) in [6, 6.07) is 9.12. The second-order valence-corrected chi connectivity index (χ2v) is 12.3. The van der Waals surface area contributed by atoms with Gasteiger partial charge in [-0.25, -0.2) is 9.78 Å². The molecule has 0 spiro atoms. The number of carbonyl (C=O) groups is 2. The van der Waals surface area contributed by atoms with E-state index in [1.165, 1.54) is 18.9 Å². The van der Waals surface area contributed by atoms with Crippen molar-refractivity contribution in [3.05, 3.63) is 76.5 Å². The van der Waals surface area contributed by atoms with Gasteiger partial charge in [0.25, 0.3) is 0 Å². The summed E-state index contributed by atoms with van der Waals surface area (Å²) < 4.78 is 93.1. The zero-order chi connectivity index (χ0) is 34.3. The number of hydrogen-bond donors (Lipinski definition) is 1. The van der Waals surface area contributed by atoms with Crippen LogP contribution in [0.15, 0.2) is 48.5 Å². The van der Waals surface area contributed by atoms with E-state index in [1.807, 2.05) is 17.0 Å². The number of hydrogen-bond acceptors (Lipinski definition) is 6. The van der Waals surface area contributed by atoms with Crippen molar-refractivity contribution in [2.24, 2.45) is 0 Å². The quantitative estimate of drug-likeness (QED) is 0.127. The average molecular weight is 778 g/mol. The molecule has 15 heteroatoms. The Morgan fingerprint density at radius 1 is 1.04 bits per heavy atom. The van der Waals surface area contributed by atoms with E-state index in [2.05, 4.69) is 22.6 Å². The molecule has 0 bridgehead atoms.